The number of carboxylic acid groups (broad SMARTS) is 1. The van der Waals surface area contributed by atoms with Crippen molar-refractivity contribution in [2.45, 2.75) is 57.8 Å². The number of amides is 2. The number of likely N-dealkylation sites (tertiary alicyclic amines) is 1. The maximum absolute atomic E-state index is 13.1. The number of pyridine rings is 1. The van der Waals surface area contributed by atoms with Gasteiger partial charge in [-0.25, -0.2) is 9.59 Å². The summed E-state index contributed by atoms with van der Waals surface area (Å²) >= 11 is 0. The summed E-state index contributed by atoms with van der Waals surface area (Å²) in [5, 5.41) is 11.8. The van der Waals surface area contributed by atoms with Gasteiger partial charge in [-0.1, -0.05) is 44.2 Å². The van der Waals surface area contributed by atoms with Gasteiger partial charge in [-0.05, 0) is 36.8 Å². The van der Waals surface area contributed by atoms with Crippen LogP contribution in [0.2, 0.25) is 0 Å². The van der Waals surface area contributed by atoms with Crippen molar-refractivity contribution in [1.29, 1.82) is 0 Å². The number of methoxy groups -OCH3 is 1. The number of rotatable bonds is 9. The lowest BCUT2D eigenvalue weighted by atomic mass is 9.85. The van der Waals surface area contributed by atoms with E-state index in [9.17, 15) is 24.3 Å². The molecule has 1 saturated heterocycles. The van der Waals surface area contributed by atoms with Crippen molar-refractivity contribution in [3.63, 3.8) is 0 Å². The third kappa shape index (κ3) is 7.67. The van der Waals surface area contributed by atoms with Crippen LogP contribution in [0.15, 0.2) is 54.9 Å². The Bertz CT molecular complexity index is 1110. The molecule has 0 aliphatic carbocycles. The van der Waals surface area contributed by atoms with Crippen molar-refractivity contribution in [2.75, 3.05) is 13.7 Å². The van der Waals surface area contributed by atoms with Crippen molar-refractivity contribution < 1.29 is 50.7 Å². The number of hydrogen-bond acceptors (Lipinski definition) is 6. The van der Waals surface area contributed by atoms with Crippen molar-refractivity contribution >= 4 is 23.9 Å². The monoisotopic (exact) mass is 547 g/mol. The summed E-state index contributed by atoms with van der Waals surface area (Å²) in [5.41, 5.74) is 1.00. The molecule has 1 fully saturated rings. The largest absolute Gasteiger partial charge is 1.00 e. The minimum absolute atomic E-state index is 0. The molecule has 0 bridgehead atoms. The minimum Gasteiger partial charge on any atom is -1.00 e. The van der Waals surface area contributed by atoms with E-state index in [1.165, 1.54) is 17.9 Å². The van der Waals surface area contributed by atoms with E-state index < -0.39 is 41.9 Å². The summed E-state index contributed by atoms with van der Waals surface area (Å²) < 4.78 is 12.2. The highest BCUT2D eigenvalue weighted by Crippen LogP contribution is 2.32. The number of carboxylic acids is 1. The van der Waals surface area contributed by atoms with Gasteiger partial charge < -0.3 is 37.2 Å². The number of hydrogen-bond donors (Lipinski definition) is 2. The molecule has 2 amide bonds. The van der Waals surface area contributed by atoms with Crippen LogP contribution in [0.4, 0.5) is 4.79 Å². The Morgan fingerprint density at radius 2 is 1.82 bits per heavy atom. The number of benzene rings is 1. The molecule has 11 heteroatoms. The second-order valence-electron chi connectivity index (χ2n) is 9.35. The molecule has 3 atom stereocenters. The highest BCUT2D eigenvalue weighted by atomic mass is 35.5. The average molecular weight is 548 g/mol. The van der Waals surface area contributed by atoms with Crippen molar-refractivity contribution in [3.05, 3.63) is 66.0 Å². The lowest BCUT2D eigenvalue weighted by Gasteiger charge is -2.38. The zero-order valence-corrected chi connectivity index (χ0v) is 22.5. The number of carbonyl (C=O) groups excluding carboxylic acids is 3. The number of carbonyl (C=O) groups is 4. The van der Waals surface area contributed by atoms with Crippen LogP contribution in [0.25, 0.3) is 0 Å². The molecule has 2 heterocycles. The van der Waals surface area contributed by atoms with Gasteiger partial charge in [-0.3, -0.25) is 9.59 Å². The van der Waals surface area contributed by atoms with E-state index in [4.69, 9.17) is 9.47 Å². The van der Waals surface area contributed by atoms with Crippen molar-refractivity contribution in [3.8, 4) is 0 Å². The number of piperidine rings is 1. The zero-order chi connectivity index (χ0) is 26.9. The normalized spacial score (nSPS) is 16.5. The molecule has 3 unspecified atom stereocenters. The molecule has 1 aromatic heterocycles. The number of aliphatic carboxylic acids is 1. The molecule has 206 valence electrons. The summed E-state index contributed by atoms with van der Waals surface area (Å²) in [6, 6.07) is 11.0. The quantitative estimate of drug-likeness (QED) is 0.327. The van der Waals surface area contributed by atoms with Crippen LogP contribution in [0.1, 0.15) is 54.9 Å². The fourth-order valence-electron chi connectivity index (χ4n) is 4.52. The van der Waals surface area contributed by atoms with Gasteiger partial charge in [-0.15, -0.1) is 0 Å². The van der Waals surface area contributed by atoms with Gasteiger partial charge in [0.2, 0.25) is 0 Å². The standard InChI is InChI=1S/C27H33N3O7.ClH/c1-18(2)23(25(32)33)28-24(31)20-12-9-14-29(16-20)17-37-27(35)30-15-8-7-13-21(30)22(26(34)36-3)19-10-5-4-6-11-19;/h4-6,9-12,14,16,18,21-23H,7-8,13,15,17H2,1-3H3,(H-,28,31,32,33);1H. The summed E-state index contributed by atoms with van der Waals surface area (Å²) in [4.78, 5) is 51.5. The topological polar surface area (TPSA) is 126 Å². The van der Waals surface area contributed by atoms with Crippen LogP contribution in [-0.4, -0.2) is 59.7 Å². The summed E-state index contributed by atoms with van der Waals surface area (Å²) in [5.74, 6) is -2.99. The number of nitrogens with zero attached hydrogens (tertiary/aromatic N) is 2. The molecule has 2 aromatic rings. The highest BCUT2D eigenvalue weighted by molar-refractivity contribution is 5.96. The molecule has 10 nitrogen and oxygen atoms in total. The van der Waals surface area contributed by atoms with E-state index >= 15 is 0 Å². The van der Waals surface area contributed by atoms with Crippen LogP contribution in [0.3, 0.4) is 0 Å². The van der Waals surface area contributed by atoms with Crippen LogP contribution < -0.4 is 22.3 Å². The van der Waals surface area contributed by atoms with E-state index in [1.807, 2.05) is 30.3 Å². The first-order chi connectivity index (χ1) is 17.7. The fourth-order valence-corrected chi connectivity index (χ4v) is 4.52. The second kappa shape index (κ2) is 14.3. The Hall–Kier alpha value is -3.66. The fraction of sp³-hybridized carbons (Fsp3) is 0.444. The molecule has 2 N–H and O–H groups in total. The predicted molar refractivity (Wildman–Crippen MR) is 132 cm³/mol. The average Bonchev–Trinajstić information content (AvgIpc) is 2.91. The maximum atomic E-state index is 13.1. The molecule has 0 spiro atoms. The smallest absolute Gasteiger partial charge is 0.414 e. The summed E-state index contributed by atoms with van der Waals surface area (Å²) in [6.45, 7) is 3.70. The van der Waals surface area contributed by atoms with Crippen LogP contribution in [0.5, 0.6) is 0 Å². The number of aromatic nitrogens is 1. The third-order valence-corrected chi connectivity index (χ3v) is 6.46. The van der Waals surface area contributed by atoms with Gasteiger partial charge in [0, 0.05) is 12.6 Å². The molecular formula is C27H34ClN3O7. The molecule has 38 heavy (non-hydrogen) atoms. The SMILES string of the molecule is COC(=O)C(c1ccccc1)C1CCCCN1C(=O)OC[n+]1cccc(C(=O)NC(C(=O)O)C(C)C)c1.[Cl-]. The Kier molecular flexibility index (Phi) is 11.5. The van der Waals surface area contributed by atoms with E-state index in [1.54, 1.807) is 37.1 Å². The third-order valence-electron chi connectivity index (χ3n) is 6.46. The van der Waals surface area contributed by atoms with Crippen molar-refractivity contribution in [1.82, 2.24) is 10.2 Å². The predicted octanol–water partition coefficient (Wildman–Crippen LogP) is -0.277. The molecular weight excluding hydrogens is 514 g/mol. The number of nitrogens with one attached hydrogen (secondary N) is 1. The van der Waals surface area contributed by atoms with Gasteiger partial charge in [0.25, 0.3) is 12.6 Å². The Morgan fingerprint density at radius 3 is 2.45 bits per heavy atom. The molecule has 0 radical (unpaired) electrons. The number of halogens is 1. The van der Waals surface area contributed by atoms with Gasteiger partial charge >= 0.3 is 18.0 Å². The van der Waals surface area contributed by atoms with Gasteiger partial charge in [0.15, 0.2) is 12.4 Å². The van der Waals surface area contributed by atoms with Gasteiger partial charge in [0.05, 0.1) is 13.2 Å². The lowest BCUT2D eigenvalue weighted by Crippen LogP contribution is -3.00. The maximum Gasteiger partial charge on any atom is 0.414 e. The van der Waals surface area contributed by atoms with E-state index in [0.29, 0.717) is 13.0 Å². The van der Waals surface area contributed by atoms with Crippen molar-refractivity contribution in [2.24, 2.45) is 5.92 Å². The van der Waals surface area contributed by atoms with Gasteiger partial charge in [-0.2, -0.15) is 4.57 Å². The number of esters is 1. The Labute approximate surface area is 228 Å². The Morgan fingerprint density at radius 1 is 1.11 bits per heavy atom. The highest BCUT2D eigenvalue weighted by Gasteiger charge is 2.39. The Balaban J connectivity index is 0.00000507. The first-order valence-corrected chi connectivity index (χ1v) is 12.3. The van der Waals surface area contributed by atoms with Gasteiger partial charge in [0.1, 0.15) is 17.5 Å². The second-order valence-corrected chi connectivity index (χ2v) is 9.35. The molecule has 1 aliphatic rings. The molecule has 3 rings (SSSR count). The summed E-state index contributed by atoms with van der Waals surface area (Å²) in [6.07, 6.45) is 4.84. The van der Waals surface area contributed by atoms with Crippen LogP contribution in [0, 0.1) is 5.92 Å². The van der Waals surface area contributed by atoms with E-state index in [2.05, 4.69) is 5.32 Å². The molecule has 1 aromatic carbocycles. The van der Waals surface area contributed by atoms with Crippen LogP contribution >= 0.6 is 0 Å². The molecule has 1 aliphatic heterocycles. The first-order valence-electron chi connectivity index (χ1n) is 12.3. The lowest BCUT2D eigenvalue weighted by molar-refractivity contribution is -0.727. The van der Waals surface area contributed by atoms with E-state index in [0.717, 1.165) is 18.4 Å². The first kappa shape index (κ1) is 30.6. The summed E-state index contributed by atoms with van der Waals surface area (Å²) in [7, 11) is 1.34. The van der Waals surface area contributed by atoms with Crippen LogP contribution in [-0.2, 0) is 25.8 Å². The minimum atomic E-state index is -1.11. The number of ether oxygens (including phenoxy) is 2. The zero-order valence-electron chi connectivity index (χ0n) is 21.7. The molecule has 0 saturated carbocycles. The van der Waals surface area contributed by atoms with E-state index in [-0.39, 0.29) is 30.6 Å².